The van der Waals surface area contributed by atoms with E-state index in [1.54, 1.807) is 7.11 Å². The lowest BCUT2D eigenvalue weighted by molar-refractivity contribution is -0.121. The van der Waals surface area contributed by atoms with Crippen molar-refractivity contribution in [3.05, 3.63) is 35.4 Å². The molecule has 0 aromatic heterocycles. The van der Waals surface area contributed by atoms with Gasteiger partial charge in [0.25, 0.3) is 0 Å². The van der Waals surface area contributed by atoms with Gasteiger partial charge in [-0.1, -0.05) is 24.3 Å². The quantitative estimate of drug-likeness (QED) is 0.752. The summed E-state index contributed by atoms with van der Waals surface area (Å²) in [5.41, 5.74) is 2.79. The number of methoxy groups -OCH3 is 1. The van der Waals surface area contributed by atoms with E-state index in [1.165, 1.54) is 11.1 Å². The van der Waals surface area contributed by atoms with Crippen LogP contribution in [0.2, 0.25) is 0 Å². The predicted octanol–water partition coefficient (Wildman–Crippen LogP) is 1.72. The number of carbonyl (C=O) groups excluding carboxylic acids is 1. The molecule has 110 valence electrons. The van der Waals surface area contributed by atoms with Crippen LogP contribution >= 0.6 is 11.8 Å². The summed E-state index contributed by atoms with van der Waals surface area (Å²) in [6.45, 7) is 1.85. The Morgan fingerprint density at radius 3 is 3.10 bits per heavy atom. The molecule has 1 aromatic carbocycles. The predicted molar refractivity (Wildman–Crippen MR) is 82.9 cm³/mol. The van der Waals surface area contributed by atoms with Crippen molar-refractivity contribution < 1.29 is 9.53 Å². The first-order valence-electron chi connectivity index (χ1n) is 6.96. The lowest BCUT2D eigenvalue weighted by Gasteiger charge is -2.26. The minimum atomic E-state index is 0.0753. The molecular weight excluding hydrogens is 272 g/mol. The summed E-state index contributed by atoms with van der Waals surface area (Å²) in [4.78, 5) is 11.6. The van der Waals surface area contributed by atoms with Crippen LogP contribution in [0.5, 0.6) is 0 Å². The maximum Gasteiger partial charge on any atom is 0.221 e. The standard InChI is InChI=1S/C15H22N2O2S/c1-19-9-8-17-15(18)6-7-16-14-11-20-10-12-4-2-3-5-13(12)14/h2-5,14,16H,6-11H2,1H3,(H,17,18). The number of thioether (sulfide) groups is 1. The minimum absolute atomic E-state index is 0.0753. The van der Waals surface area contributed by atoms with Crippen LogP contribution in [0.4, 0.5) is 0 Å². The Bertz CT molecular complexity index is 440. The average molecular weight is 294 g/mol. The Labute approximate surface area is 124 Å². The van der Waals surface area contributed by atoms with E-state index in [0.29, 0.717) is 32.2 Å². The first-order valence-corrected chi connectivity index (χ1v) is 8.11. The number of amides is 1. The molecule has 0 radical (unpaired) electrons. The van der Waals surface area contributed by atoms with Crippen LogP contribution in [0, 0.1) is 0 Å². The van der Waals surface area contributed by atoms with Crippen LogP contribution in [-0.4, -0.2) is 38.5 Å². The highest BCUT2D eigenvalue weighted by Crippen LogP contribution is 2.31. The molecule has 1 atom stereocenters. The molecule has 1 amide bonds. The van der Waals surface area contributed by atoms with Gasteiger partial charge in [0.1, 0.15) is 0 Å². The number of hydrogen-bond acceptors (Lipinski definition) is 4. The van der Waals surface area contributed by atoms with Gasteiger partial charge >= 0.3 is 0 Å². The van der Waals surface area contributed by atoms with E-state index >= 15 is 0 Å². The molecule has 0 aliphatic carbocycles. The Morgan fingerprint density at radius 1 is 1.40 bits per heavy atom. The number of hydrogen-bond donors (Lipinski definition) is 2. The smallest absolute Gasteiger partial charge is 0.221 e. The zero-order valence-corrected chi connectivity index (χ0v) is 12.7. The molecule has 1 unspecified atom stereocenters. The third kappa shape index (κ3) is 4.51. The van der Waals surface area contributed by atoms with E-state index in [2.05, 4.69) is 34.9 Å². The fourth-order valence-electron chi connectivity index (χ4n) is 2.29. The molecule has 20 heavy (non-hydrogen) atoms. The van der Waals surface area contributed by atoms with Gasteiger partial charge in [0, 0.05) is 44.2 Å². The van der Waals surface area contributed by atoms with Crippen molar-refractivity contribution in [3.8, 4) is 0 Å². The minimum Gasteiger partial charge on any atom is -0.383 e. The molecule has 1 aliphatic heterocycles. The molecule has 0 spiro atoms. The molecule has 1 aliphatic rings. The molecule has 2 N–H and O–H groups in total. The molecule has 2 rings (SSSR count). The molecule has 0 fully saturated rings. The number of nitrogens with one attached hydrogen (secondary N) is 2. The second-order valence-electron chi connectivity index (χ2n) is 4.81. The van der Waals surface area contributed by atoms with E-state index in [1.807, 2.05) is 11.8 Å². The zero-order chi connectivity index (χ0) is 14.2. The fraction of sp³-hybridized carbons (Fsp3) is 0.533. The van der Waals surface area contributed by atoms with Gasteiger partial charge in [-0.25, -0.2) is 0 Å². The number of ether oxygens (including phenoxy) is 1. The summed E-state index contributed by atoms with van der Waals surface area (Å²) in [5, 5.41) is 6.32. The molecule has 0 bridgehead atoms. The highest BCUT2D eigenvalue weighted by molar-refractivity contribution is 7.98. The van der Waals surface area contributed by atoms with Crippen molar-refractivity contribution in [1.82, 2.24) is 10.6 Å². The van der Waals surface area contributed by atoms with Crippen molar-refractivity contribution in [1.29, 1.82) is 0 Å². The molecule has 0 saturated heterocycles. The van der Waals surface area contributed by atoms with Crippen molar-refractivity contribution in [3.63, 3.8) is 0 Å². The lowest BCUT2D eigenvalue weighted by Crippen LogP contribution is -2.33. The summed E-state index contributed by atoms with van der Waals surface area (Å²) in [6, 6.07) is 8.90. The third-order valence-electron chi connectivity index (χ3n) is 3.34. The Balaban J connectivity index is 1.74. The molecule has 1 heterocycles. The monoisotopic (exact) mass is 294 g/mol. The third-order valence-corrected chi connectivity index (χ3v) is 4.43. The van der Waals surface area contributed by atoms with Crippen molar-refractivity contribution in [2.75, 3.05) is 32.6 Å². The largest absolute Gasteiger partial charge is 0.383 e. The van der Waals surface area contributed by atoms with Gasteiger partial charge < -0.3 is 15.4 Å². The van der Waals surface area contributed by atoms with Gasteiger partial charge in [-0.2, -0.15) is 11.8 Å². The van der Waals surface area contributed by atoms with Gasteiger partial charge in [0.15, 0.2) is 0 Å². The highest BCUT2D eigenvalue weighted by Gasteiger charge is 2.19. The van der Waals surface area contributed by atoms with Crippen LogP contribution in [0.1, 0.15) is 23.6 Å². The van der Waals surface area contributed by atoms with E-state index in [4.69, 9.17) is 4.74 Å². The summed E-state index contributed by atoms with van der Waals surface area (Å²) >= 11 is 1.94. The maximum atomic E-state index is 11.6. The normalized spacial score (nSPS) is 17.6. The molecule has 5 heteroatoms. The van der Waals surface area contributed by atoms with Gasteiger partial charge in [0.2, 0.25) is 5.91 Å². The lowest BCUT2D eigenvalue weighted by atomic mass is 10.0. The topological polar surface area (TPSA) is 50.4 Å². The summed E-state index contributed by atoms with van der Waals surface area (Å²) in [5.74, 6) is 2.24. The highest BCUT2D eigenvalue weighted by atomic mass is 32.2. The van der Waals surface area contributed by atoms with E-state index in [0.717, 1.165) is 11.5 Å². The van der Waals surface area contributed by atoms with E-state index in [-0.39, 0.29) is 5.91 Å². The average Bonchev–Trinajstić information content (AvgIpc) is 2.48. The van der Waals surface area contributed by atoms with E-state index < -0.39 is 0 Å². The summed E-state index contributed by atoms with van der Waals surface area (Å²) in [6.07, 6.45) is 0.507. The van der Waals surface area contributed by atoms with Crippen molar-refractivity contribution >= 4 is 17.7 Å². The van der Waals surface area contributed by atoms with Crippen molar-refractivity contribution in [2.24, 2.45) is 0 Å². The SMILES string of the molecule is COCCNC(=O)CCNC1CSCc2ccccc21. The van der Waals surface area contributed by atoms with Crippen molar-refractivity contribution in [2.45, 2.75) is 18.2 Å². The van der Waals surface area contributed by atoms with Crippen LogP contribution < -0.4 is 10.6 Å². The Kier molecular flexibility index (Phi) is 6.36. The zero-order valence-electron chi connectivity index (χ0n) is 11.9. The van der Waals surface area contributed by atoms with Gasteiger partial charge in [-0.3, -0.25) is 4.79 Å². The molecule has 0 saturated carbocycles. The Hall–Kier alpha value is -1.04. The van der Waals surface area contributed by atoms with Crippen LogP contribution in [-0.2, 0) is 15.3 Å². The van der Waals surface area contributed by atoms with E-state index in [9.17, 15) is 4.79 Å². The first-order chi connectivity index (χ1) is 9.81. The molecular formula is C15H22N2O2S. The second kappa shape index (κ2) is 8.29. The summed E-state index contributed by atoms with van der Waals surface area (Å²) in [7, 11) is 1.63. The number of rotatable bonds is 7. The number of carbonyl (C=O) groups is 1. The van der Waals surface area contributed by atoms with Crippen LogP contribution in [0.3, 0.4) is 0 Å². The van der Waals surface area contributed by atoms with Crippen LogP contribution in [0.25, 0.3) is 0 Å². The summed E-state index contributed by atoms with van der Waals surface area (Å²) < 4.78 is 4.90. The van der Waals surface area contributed by atoms with Gasteiger partial charge in [0.05, 0.1) is 6.61 Å². The van der Waals surface area contributed by atoms with Gasteiger partial charge in [-0.05, 0) is 11.1 Å². The number of benzene rings is 1. The number of fused-ring (bicyclic) bond motifs is 1. The Morgan fingerprint density at radius 2 is 2.25 bits per heavy atom. The first kappa shape index (κ1) is 15.4. The molecule has 1 aromatic rings. The fourth-order valence-corrected chi connectivity index (χ4v) is 3.43. The molecule has 4 nitrogen and oxygen atoms in total. The second-order valence-corrected chi connectivity index (χ2v) is 5.84. The van der Waals surface area contributed by atoms with Gasteiger partial charge in [-0.15, -0.1) is 0 Å². The maximum absolute atomic E-state index is 11.6. The van der Waals surface area contributed by atoms with Crippen LogP contribution in [0.15, 0.2) is 24.3 Å².